The Labute approximate surface area is 89.5 Å². The molecule has 0 amide bonds. The summed E-state index contributed by atoms with van der Waals surface area (Å²) < 4.78 is 17.8. The predicted octanol–water partition coefficient (Wildman–Crippen LogP) is 2.51. The summed E-state index contributed by atoms with van der Waals surface area (Å²) in [4.78, 5) is 0. The van der Waals surface area contributed by atoms with E-state index in [9.17, 15) is 4.39 Å². The van der Waals surface area contributed by atoms with Crippen LogP contribution in [-0.4, -0.2) is 13.3 Å². The van der Waals surface area contributed by atoms with Crippen molar-refractivity contribution in [1.29, 1.82) is 5.26 Å². The lowest BCUT2D eigenvalue weighted by Crippen LogP contribution is -2.00. The highest BCUT2D eigenvalue weighted by atomic mass is 127. The topological polar surface area (TPSA) is 33.0 Å². The largest absolute Gasteiger partial charge is 0.490 e. The molecule has 0 spiro atoms. The van der Waals surface area contributed by atoms with Crippen molar-refractivity contribution in [3.8, 4) is 11.8 Å². The molecule has 0 radical (unpaired) electrons. The fourth-order valence-electron chi connectivity index (χ4n) is 0.832. The van der Waals surface area contributed by atoms with Gasteiger partial charge in [0.2, 0.25) is 0 Å². The Bertz CT molecular complexity index is 335. The first-order chi connectivity index (χ1) is 6.27. The number of nitrogens with zero attached hydrogens (tertiary/aromatic N) is 1. The van der Waals surface area contributed by atoms with Crippen LogP contribution in [0.3, 0.4) is 0 Å². The second-order valence-electron chi connectivity index (χ2n) is 2.29. The number of hydrogen-bond donors (Lipinski definition) is 0. The van der Waals surface area contributed by atoms with E-state index in [1.807, 2.05) is 6.07 Å². The van der Waals surface area contributed by atoms with Gasteiger partial charge in [-0.3, -0.25) is 0 Å². The van der Waals surface area contributed by atoms with E-state index >= 15 is 0 Å². The van der Waals surface area contributed by atoms with Crippen LogP contribution in [0.15, 0.2) is 18.2 Å². The Hall–Kier alpha value is -0.830. The van der Waals surface area contributed by atoms with Crippen LogP contribution in [0.1, 0.15) is 5.56 Å². The van der Waals surface area contributed by atoms with E-state index in [4.69, 9.17) is 10.00 Å². The van der Waals surface area contributed by atoms with Crippen LogP contribution in [0, 0.1) is 14.9 Å². The summed E-state index contributed by atoms with van der Waals surface area (Å²) in [6, 6.07) is 7.07. The van der Waals surface area contributed by atoms with Crippen LogP contribution in [0.2, 0.25) is 0 Å². The van der Waals surface area contributed by atoms with E-state index in [1.54, 1.807) is 18.2 Å². The van der Waals surface area contributed by atoms with Gasteiger partial charge < -0.3 is 4.74 Å². The molecule has 68 valence electrons. The fourth-order valence-corrected chi connectivity index (χ4v) is 1.32. The summed E-state index contributed by atoms with van der Waals surface area (Å²) in [6.45, 7) is -0.488. The number of hydrogen-bond acceptors (Lipinski definition) is 2. The van der Waals surface area contributed by atoms with Crippen LogP contribution in [0.5, 0.6) is 5.75 Å². The molecular weight excluding hydrogens is 284 g/mol. The van der Waals surface area contributed by atoms with E-state index in [-0.39, 0.29) is 6.61 Å². The molecule has 1 aromatic rings. The third-order valence-corrected chi connectivity index (χ3v) is 2.29. The maximum absolute atomic E-state index is 11.8. The maximum Gasteiger partial charge on any atom is 0.134 e. The normalized spacial score (nSPS) is 9.31. The highest BCUT2D eigenvalue weighted by molar-refractivity contribution is 14.1. The van der Waals surface area contributed by atoms with Gasteiger partial charge in [0.05, 0.1) is 15.2 Å². The zero-order valence-electron chi connectivity index (χ0n) is 6.76. The molecule has 0 heterocycles. The molecule has 0 atom stereocenters. The summed E-state index contributed by atoms with van der Waals surface area (Å²) >= 11 is 2.08. The average Bonchev–Trinajstić information content (AvgIpc) is 2.17. The molecule has 0 fully saturated rings. The zero-order chi connectivity index (χ0) is 9.68. The number of benzene rings is 1. The highest BCUT2D eigenvalue weighted by Crippen LogP contribution is 2.21. The number of nitriles is 1. The van der Waals surface area contributed by atoms with Gasteiger partial charge >= 0.3 is 0 Å². The Morgan fingerprint density at radius 3 is 2.92 bits per heavy atom. The van der Waals surface area contributed by atoms with Crippen molar-refractivity contribution in [3.05, 3.63) is 27.3 Å². The van der Waals surface area contributed by atoms with Gasteiger partial charge in [0, 0.05) is 0 Å². The van der Waals surface area contributed by atoms with Gasteiger partial charge in [-0.2, -0.15) is 5.26 Å². The van der Waals surface area contributed by atoms with Gasteiger partial charge in [-0.15, -0.1) is 0 Å². The Kier molecular flexibility index (Phi) is 3.96. The van der Waals surface area contributed by atoms with E-state index in [1.165, 1.54) is 0 Å². The van der Waals surface area contributed by atoms with Gasteiger partial charge in [-0.05, 0) is 40.8 Å². The molecule has 0 N–H and O–H groups in total. The van der Waals surface area contributed by atoms with Crippen molar-refractivity contribution in [3.63, 3.8) is 0 Å². The first-order valence-corrected chi connectivity index (χ1v) is 4.74. The standard InChI is InChI=1S/C9H7FINO/c10-3-4-13-9-5-7(6-12)1-2-8(9)11/h1-2,5H,3-4H2. The Balaban J connectivity index is 2.85. The third-order valence-electron chi connectivity index (χ3n) is 1.40. The second kappa shape index (κ2) is 5.02. The average molecular weight is 291 g/mol. The molecule has 13 heavy (non-hydrogen) atoms. The fraction of sp³-hybridized carbons (Fsp3) is 0.222. The smallest absolute Gasteiger partial charge is 0.134 e. The van der Waals surface area contributed by atoms with E-state index in [0.29, 0.717) is 11.3 Å². The monoisotopic (exact) mass is 291 g/mol. The zero-order valence-corrected chi connectivity index (χ0v) is 8.92. The minimum absolute atomic E-state index is 0.0326. The summed E-state index contributed by atoms with van der Waals surface area (Å²) in [7, 11) is 0. The van der Waals surface area contributed by atoms with E-state index in [0.717, 1.165) is 3.57 Å². The molecule has 0 aliphatic heterocycles. The molecule has 2 nitrogen and oxygen atoms in total. The molecule has 1 rings (SSSR count). The second-order valence-corrected chi connectivity index (χ2v) is 3.46. The molecule has 0 aliphatic carbocycles. The van der Waals surface area contributed by atoms with Crippen LogP contribution < -0.4 is 4.74 Å². The van der Waals surface area contributed by atoms with Crippen LogP contribution in [0.25, 0.3) is 0 Å². The molecule has 0 saturated heterocycles. The number of rotatable bonds is 3. The number of halogens is 2. The van der Waals surface area contributed by atoms with Crippen LogP contribution in [0.4, 0.5) is 4.39 Å². The highest BCUT2D eigenvalue weighted by Gasteiger charge is 2.01. The minimum Gasteiger partial charge on any atom is -0.490 e. The summed E-state index contributed by atoms with van der Waals surface area (Å²) in [5, 5.41) is 8.60. The molecule has 4 heteroatoms. The van der Waals surface area contributed by atoms with Crippen molar-refractivity contribution >= 4 is 22.6 Å². The molecule has 0 aromatic heterocycles. The molecule has 0 aliphatic rings. The quantitative estimate of drug-likeness (QED) is 0.802. The van der Waals surface area contributed by atoms with Gasteiger partial charge in [-0.25, -0.2) is 4.39 Å². The summed E-state index contributed by atoms with van der Waals surface area (Å²) in [5.41, 5.74) is 0.522. The predicted molar refractivity (Wildman–Crippen MR) is 55.3 cm³/mol. The van der Waals surface area contributed by atoms with Gasteiger partial charge in [-0.1, -0.05) is 0 Å². The Morgan fingerprint density at radius 1 is 1.54 bits per heavy atom. The van der Waals surface area contributed by atoms with E-state index in [2.05, 4.69) is 22.6 Å². The van der Waals surface area contributed by atoms with Crippen molar-refractivity contribution < 1.29 is 9.13 Å². The molecule has 0 saturated carbocycles. The van der Waals surface area contributed by atoms with Crippen LogP contribution >= 0.6 is 22.6 Å². The molecule has 1 aromatic carbocycles. The lowest BCUT2D eigenvalue weighted by molar-refractivity contribution is 0.271. The SMILES string of the molecule is N#Cc1ccc(I)c(OCCF)c1. The summed E-state index contributed by atoms with van der Waals surface area (Å²) in [5.74, 6) is 0.567. The van der Waals surface area contributed by atoms with Gasteiger partial charge in [0.15, 0.2) is 0 Å². The lowest BCUT2D eigenvalue weighted by Gasteiger charge is -2.05. The number of ether oxygens (including phenoxy) is 1. The summed E-state index contributed by atoms with van der Waals surface area (Å²) in [6.07, 6.45) is 0. The van der Waals surface area contributed by atoms with E-state index < -0.39 is 6.67 Å². The van der Waals surface area contributed by atoms with Gasteiger partial charge in [0.1, 0.15) is 19.0 Å². The van der Waals surface area contributed by atoms with Crippen molar-refractivity contribution in [1.82, 2.24) is 0 Å². The lowest BCUT2D eigenvalue weighted by atomic mass is 10.2. The maximum atomic E-state index is 11.8. The van der Waals surface area contributed by atoms with Crippen LogP contribution in [-0.2, 0) is 0 Å². The first-order valence-electron chi connectivity index (χ1n) is 3.66. The molecule has 0 bridgehead atoms. The van der Waals surface area contributed by atoms with Crippen molar-refractivity contribution in [2.45, 2.75) is 0 Å². The van der Waals surface area contributed by atoms with Crippen molar-refractivity contribution in [2.75, 3.05) is 13.3 Å². The first kappa shape index (κ1) is 10.3. The Morgan fingerprint density at radius 2 is 2.31 bits per heavy atom. The van der Waals surface area contributed by atoms with Crippen molar-refractivity contribution in [2.24, 2.45) is 0 Å². The minimum atomic E-state index is -0.521. The molecule has 0 unspecified atom stereocenters. The number of alkyl halides is 1. The molecular formula is C9H7FINO. The third kappa shape index (κ3) is 2.84. The van der Waals surface area contributed by atoms with Gasteiger partial charge in [0.25, 0.3) is 0 Å².